The SMILES string of the molecule is COC(=O)CCCc1ccc(C(=O)c2ccc(C(F)(F)F)cc2)cc1. The van der Waals surface area contributed by atoms with Crippen LogP contribution in [0.3, 0.4) is 0 Å². The lowest BCUT2D eigenvalue weighted by molar-refractivity contribution is -0.140. The van der Waals surface area contributed by atoms with Crippen molar-refractivity contribution in [2.75, 3.05) is 7.11 Å². The van der Waals surface area contributed by atoms with Gasteiger partial charge in [-0.2, -0.15) is 13.2 Å². The number of hydrogen-bond acceptors (Lipinski definition) is 3. The number of ketones is 1. The number of benzene rings is 2. The molecule has 2 aromatic carbocycles. The second-order valence-corrected chi connectivity index (χ2v) is 5.53. The molecule has 0 aliphatic carbocycles. The first-order valence-electron chi connectivity index (χ1n) is 7.69. The minimum absolute atomic E-state index is 0.200. The van der Waals surface area contributed by atoms with Crippen molar-refractivity contribution in [1.82, 2.24) is 0 Å². The molecule has 2 aromatic rings. The zero-order valence-corrected chi connectivity index (χ0v) is 13.6. The van der Waals surface area contributed by atoms with Crippen molar-refractivity contribution in [2.24, 2.45) is 0 Å². The largest absolute Gasteiger partial charge is 0.469 e. The second kappa shape index (κ2) is 7.96. The Morgan fingerprint density at radius 1 is 0.920 bits per heavy atom. The molecule has 132 valence electrons. The van der Waals surface area contributed by atoms with Crippen LogP contribution in [-0.2, 0) is 22.1 Å². The number of hydrogen-bond donors (Lipinski definition) is 0. The molecule has 2 rings (SSSR count). The van der Waals surface area contributed by atoms with Crippen molar-refractivity contribution in [1.29, 1.82) is 0 Å². The number of carbonyl (C=O) groups excluding carboxylic acids is 2. The van der Waals surface area contributed by atoms with Crippen LogP contribution in [0.25, 0.3) is 0 Å². The molecule has 0 N–H and O–H groups in total. The zero-order valence-electron chi connectivity index (χ0n) is 13.6. The van der Waals surface area contributed by atoms with Gasteiger partial charge in [0, 0.05) is 17.5 Å². The van der Waals surface area contributed by atoms with Gasteiger partial charge in [-0.3, -0.25) is 9.59 Å². The molecule has 3 nitrogen and oxygen atoms in total. The summed E-state index contributed by atoms with van der Waals surface area (Å²) in [7, 11) is 1.34. The van der Waals surface area contributed by atoms with Gasteiger partial charge in [-0.15, -0.1) is 0 Å². The predicted octanol–water partition coefficient (Wildman–Crippen LogP) is 4.43. The quantitative estimate of drug-likeness (QED) is 0.572. The first-order valence-corrected chi connectivity index (χ1v) is 7.69. The van der Waals surface area contributed by atoms with E-state index in [4.69, 9.17) is 0 Å². The van der Waals surface area contributed by atoms with E-state index >= 15 is 0 Å². The zero-order chi connectivity index (χ0) is 18.4. The Hall–Kier alpha value is -2.63. The van der Waals surface area contributed by atoms with Gasteiger partial charge in [-0.1, -0.05) is 36.4 Å². The molecule has 0 bridgehead atoms. The Balaban J connectivity index is 2.01. The Kier molecular flexibility index (Phi) is 5.96. The fourth-order valence-corrected chi connectivity index (χ4v) is 2.34. The molecule has 0 heterocycles. The number of aryl methyl sites for hydroxylation is 1. The van der Waals surface area contributed by atoms with Gasteiger partial charge in [0.25, 0.3) is 0 Å². The summed E-state index contributed by atoms with van der Waals surface area (Å²) in [5, 5.41) is 0. The van der Waals surface area contributed by atoms with Crippen LogP contribution >= 0.6 is 0 Å². The summed E-state index contributed by atoms with van der Waals surface area (Å²) in [5.74, 6) is -0.607. The molecule has 0 fully saturated rings. The predicted molar refractivity (Wildman–Crippen MR) is 86.3 cm³/mol. The standard InChI is InChI=1S/C19H17F3O3/c1-25-17(23)4-2-3-13-5-7-14(8-6-13)18(24)15-9-11-16(12-10-15)19(20,21)22/h5-12H,2-4H2,1H3. The molecule has 0 aliphatic heterocycles. The number of rotatable bonds is 6. The highest BCUT2D eigenvalue weighted by Crippen LogP contribution is 2.29. The van der Waals surface area contributed by atoms with E-state index in [9.17, 15) is 22.8 Å². The van der Waals surface area contributed by atoms with Crippen LogP contribution < -0.4 is 0 Å². The number of methoxy groups -OCH3 is 1. The lowest BCUT2D eigenvalue weighted by Gasteiger charge is -2.08. The Morgan fingerprint density at radius 2 is 1.44 bits per heavy atom. The lowest BCUT2D eigenvalue weighted by atomic mass is 9.99. The first kappa shape index (κ1) is 18.7. The van der Waals surface area contributed by atoms with Crippen LogP contribution in [0.1, 0.15) is 39.9 Å². The highest BCUT2D eigenvalue weighted by atomic mass is 19.4. The second-order valence-electron chi connectivity index (χ2n) is 5.53. The number of ether oxygens (including phenoxy) is 1. The van der Waals surface area contributed by atoms with E-state index in [-0.39, 0.29) is 17.3 Å². The van der Waals surface area contributed by atoms with E-state index in [2.05, 4.69) is 4.74 Å². The van der Waals surface area contributed by atoms with E-state index in [1.54, 1.807) is 24.3 Å². The van der Waals surface area contributed by atoms with Crippen molar-refractivity contribution < 1.29 is 27.5 Å². The molecule has 0 spiro atoms. The summed E-state index contributed by atoms with van der Waals surface area (Å²) in [6, 6.07) is 11.0. The van der Waals surface area contributed by atoms with Crippen molar-refractivity contribution in [2.45, 2.75) is 25.4 Å². The number of carbonyl (C=O) groups is 2. The van der Waals surface area contributed by atoms with Gasteiger partial charge in [0.05, 0.1) is 12.7 Å². The maximum Gasteiger partial charge on any atom is 0.416 e. The van der Waals surface area contributed by atoms with E-state index < -0.39 is 11.7 Å². The van der Waals surface area contributed by atoms with Gasteiger partial charge in [-0.25, -0.2) is 0 Å². The van der Waals surface area contributed by atoms with Crippen LogP contribution in [0.5, 0.6) is 0 Å². The smallest absolute Gasteiger partial charge is 0.416 e. The summed E-state index contributed by atoms with van der Waals surface area (Å²) in [6.07, 6.45) is -2.79. The molecule has 0 aliphatic rings. The Bertz CT molecular complexity index is 732. The summed E-state index contributed by atoms with van der Waals surface area (Å²) < 4.78 is 42.2. The third-order valence-corrected chi connectivity index (χ3v) is 3.76. The van der Waals surface area contributed by atoms with Gasteiger partial charge < -0.3 is 4.74 Å². The third kappa shape index (κ3) is 5.17. The molecule has 6 heteroatoms. The van der Waals surface area contributed by atoms with Crippen LogP contribution in [0.4, 0.5) is 13.2 Å². The summed E-state index contributed by atoms with van der Waals surface area (Å²) in [4.78, 5) is 23.4. The van der Waals surface area contributed by atoms with E-state index in [1.165, 1.54) is 19.2 Å². The summed E-state index contributed by atoms with van der Waals surface area (Å²) in [6.45, 7) is 0. The van der Waals surface area contributed by atoms with Gasteiger partial charge in [0.15, 0.2) is 5.78 Å². The number of halogens is 3. The average Bonchev–Trinajstić information content (AvgIpc) is 2.61. The molecular weight excluding hydrogens is 333 g/mol. The van der Waals surface area contributed by atoms with Crippen LogP contribution in [0.15, 0.2) is 48.5 Å². The number of alkyl halides is 3. The van der Waals surface area contributed by atoms with Gasteiger partial charge in [0.1, 0.15) is 0 Å². The Labute approximate surface area is 143 Å². The monoisotopic (exact) mass is 350 g/mol. The van der Waals surface area contributed by atoms with E-state index in [0.717, 1.165) is 17.7 Å². The fraction of sp³-hybridized carbons (Fsp3) is 0.263. The van der Waals surface area contributed by atoms with Crippen molar-refractivity contribution in [3.05, 3.63) is 70.8 Å². The van der Waals surface area contributed by atoms with Crippen molar-refractivity contribution >= 4 is 11.8 Å². The highest BCUT2D eigenvalue weighted by Gasteiger charge is 2.30. The summed E-state index contributed by atoms with van der Waals surface area (Å²) in [5.41, 5.74) is 0.779. The molecule has 0 aromatic heterocycles. The minimum atomic E-state index is -4.42. The average molecular weight is 350 g/mol. The summed E-state index contributed by atoms with van der Waals surface area (Å²) >= 11 is 0. The number of esters is 1. The molecular formula is C19H17F3O3. The van der Waals surface area contributed by atoms with Crippen molar-refractivity contribution in [3.8, 4) is 0 Å². The van der Waals surface area contributed by atoms with Crippen LogP contribution in [-0.4, -0.2) is 18.9 Å². The molecule has 0 radical (unpaired) electrons. The van der Waals surface area contributed by atoms with E-state index in [1.807, 2.05) is 0 Å². The normalized spacial score (nSPS) is 11.2. The molecule has 0 amide bonds. The van der Waals surface area contributed by atoms with Gasteiger partial charge >= 0.3 is 12.1 Å². The highest BCUT2D eigenvalue weighted by molar-refractivity contribution is 6.09. The van der Waals surface area contributed by atoms with Crippen LogP contribution in [0, 0.1) is 0 Å². The maximum atomic E-state index is 12.5. The molecule has 0 unspecified atom stereocenters. The third-order valence-electron chi connectivity index (χ3n) is 3.76. The topological polar surface area (TPSA) is 43.4 Å². The van der Waals surface area contributed by atoms with E-state index in [0.29, 0.717) is 24.8 Å². The van der Waals surface area contributed by atoms with Gasteiger partial charge in [0.2, 0.25) is 0 Å². The maximum absolute atomic E-state index is 12.5. The molecule has 0 atom stereocenters. The minimum Gasteiger partial charge on any atom is -0.469 e. The first-order chi connectivity index (χ1) is 11.8. The lowest BCUT2D eigenvalue weighted by Crippen LogP contribution is -2.06. The molecule has 0 saturated heterocycles. The van der Waals surface area contributed by atoms with Crippen LogP contribution in [0.2, 0.25) is 0 Å². The molecule has 25 heavy (non-hydrogen) atoms. The Morgan fingerprint density at radius 3 is 1.92 bits per heavy atom. The van der Waals surface area contributed by atoms with Crippen molar-refractivity contribution in [3.63, 3.8) is 0 Å². The van der Waals surface area contributed by atoms with Gasteiger partial charge in [-0.05, 0) is 30.5 Å². The fourth-order valence-electron chi connectivity index (χ4n) is 2.34. The molecule has 0 saturated carbocycles.